The van der Waals surface area contributed by atoms with E-state index in [0.717, 1.165) is 45.2 Å². The second-order valence-corrected chi connectivity index (χ2v) is 14.3. The van der Waals surface area contributed by atoms with Gasteiger partial charge in [0.05, 0.1) is 31.5 Å². The van der Waals surface area contributed by atoms with Gasteiger partial charge in [0.15, 0.2) is 23.3 Å². The van der Waals surface area contributed by atoms with Gasteiger partial charge in [-0.3, -0.25) is 9.13 Å². The fraction of sp³-hybridized carbons (Fsp3) is 0.333. The Balaban J connectivity index is 0.000000191. The first-order valence-corrected chi connectivity index (χ1v) is 23.0. The van der Waals surface area contributed by atoms with Crippen LogP contribution in [0, 0.1) is 6.92 Å². The molecule has 1 aliphatic heterocycles. The SMILES string of the molecule is CC.CC.CC.CC.Cc1ncnc2c1ncn2COCCn1c2ccccc2c2ccccc21.Nc1ncnc2c1ncn2C1OC(Cn2c3ccccc3c3ccccc32)C(O)C1O. The number of benzene rings is 4. The number of hydrogen-bond donors (Lipinski definition) is 3. The molecule has 4 unspecified atom stereocenters. The van der Waals surface area contributed by atoms with Gasteiger partial charge in [0.25, 0.3) is 0 Å². The third kappa shape index (κ3) is 9.47. The Morgan fingerprint density at radius 3 is 1.62 bits per heavy atom. The van der Waals surface area contributed by atoms with E-state index in [9.17, 15) is 10.2 Å². The van der Waals surface area contributed by atoms with Crippen molar-refractivity contribution < 1.29 is 19.7 Å². The van der Waals surface area contributed by atoms with Gasteiger partial charge >= 0.3 is 0 Å². The number of aliphatic hydroxyl groups excluding tert-OH is 2. The number of nitrogen functional groups attached to an aromatic ring is 1. The Morgan fingerprint density at radius 2 is 1.06 bits per heavy atom. The molecule has 4 atom stereocenters. The molecule has 4 N–H and O–H groups in total. The Morgan fingerprint density at radius 1 is 0.576 bits per heavy atom. The van der Waals surface area contributed by atoms with E-state index in [-0.39, 0.29) is 5.82 Å². The largest absolute Gasteiger partial charge is 0.387 e. The second-order valence-electron chi connectivity index (χ2n) is 14.3. The Hall–Kier alpha value is -6.78. The topological polar surface area (TPSA) is 182 Å². The van der Waals surface area contributed by atoms with E-state index < -0.39 is 24.5 Å². The van der Waals surface area contributed by atoms with E-state index in [0.29, 0.717) is 31.0 Å². The van der Waals surface area contributed by atoms with Crippen molar-refractivity contribution in [1.82, 2.24) is 48.2 Å². The summed E-state index contributed by atoms with van der Waals surface area (Å²) < 4.78 is 20.0. The predicted molar refractivity (Wildman–Crippen MR) is 266 cm³/mol. The van der Waals surface area contributed by atoms with Crippen molar-refractivity contribution in [3.63, 3.8) is 0 Å². The highest BCUT2D eigenvalue weighted by molar-refractivity contribution is 6.08. The van der Waals surface area contributed by atoms with Crippen LogP contribution in [0.25, 0.3) is 65.9 Å². The zero-order chi connectivity index (χ0) is 47.3. The number of ether oxygens (including phenoxy) is 2. The summed E-state index contributed by atoms with van der Waals surface area (Å²) in [6.45, 7) is 20.1. The van der Waals surface area contributed by atoms with Crippen molar-refractivity contribution in [2.75, 3.05) is 12.3 Å². The second kappa shape index (κ2) is 22.9. The van der Waals surface area contributed by atoms with Crippen LogP contribution >= 0.6 is 0 Å². The molecule has 10 aromatic rings. The number of fused-ring (bicyclic) bond motifs is 8. The summed E-state index contributed by atoms with van der Waals surface area (Å²) >= 11 is 0. The molecule has 1 saturated heterocycles. The zero-order valence-corrected chi connectivity index (χ0v) is 39.4. The van der Waals surface area contributed by atoms with E-state index in [1.807, 2.05) is 103 Å². The Kier molecular flexibility index (Phi) is 16.9. The lowest BCUT2D eigenvalue weighted by atomic mass is 10.1. The minimum absolute atomic E-state index is 0.249. The number of aromatic nitrogens is 10. The molecule has 15 heteroatoms. The van der Waals surface area contributed by atoms with Crippen molar-refractivity contribution in [2.45, 2.75) is 107 Å². The molecule has 0 amide bonds. The van der Waals surface area contributed by atoms with Crippen LogP contribution in [-0.4, -0.2) is 83.3 Å². The molecule has 4 aromatic carbocycles. The zero-order valence-electron chi connectivity index (χ0n) is 39.4. The summed E-state index contributed by atoms with van der Waals surface area (Å²) in [6, 6.07) is 33.3. The molecule has 346 valence electrons. The third-order valence-electron chi connectivity index (χ3n) is 11.0. The van der Waals surface area contributed by atoms with Crippen molar-refractivity contribution in [2.24, 2.45) is 0 Å². The number of rotatable bonds is 8. The maximum Gasteiger partial charge on any atom is 0.167 e. The van der Waals surface area contributed by atoms with Crippen molar-refractivity contribution >= 4 is 71.8 Å². The van der Waals surface area contributed by atoms with Crippen LogP contribution in [0.15, 0.2) is 122 Å². The Labute approximate surface area is 385 Å². The number of aliphatic hydroxyl groups is 2. The van der Waals surface area contributed by atoms with Gasteiger partial charge in [0.2, 0.25) is 0 Å². The molecule has 0 radical (unpaired) electrons. The fourth-order valence-corrected chi connectivity index (χ4v) is 8.20. The smallest absolute Gasteiger partial charge is 0.167 e. The number of nitrogens with zero attached hydrogens (tertiary/aromatic N) is 10. The highest BCUT2D eigenvalue weighted by atomic mass is 16.6. The van der Waals surface area contributed by atoms with Crippen LogP contribution in [0.4, 0.5) is 5.82 Å². The first-order valence-electron chi connectivity index (χ1n) is 23.0. The lowest BCUT2D eigenvalue weighted by Crippen LogP contribution is -2.33. The summed E-state index contributed by atoms with van der Waals surface area (Å²) in [5, 5.41) is 26.4. The van der Waals surface area contributed by atoms with Gasteiger partial charge in [-0.15, -0.1) is 0 Å². The number of para-hydroxylation sites is 4. The van der Waals surface area contributed by atoms with Crippen LogP contribution in [0.2, 0.25) is 0 Å². The molecule has 0 saturated carbocycles. The number of hydrogen-bond acceptors (Lipinski definition) is 11. The summed E-state index contributed by atoms with van der Waals surface area (Å²) in [4.78, 5) is 25.3. The molecule has 1 aliphatic rings. The number of anilines is 1. The quantitative estimate of drug-likeness (QED) is 0.124. The molecule has 0 aliphatic carbocycles. The molecule has 66 heavy (non-hydrogen) atoms. The van der Waals surface area contributed by atoms with Crippen LogP contribution in [0.3, 0.4) is 0 Å². The monoisotopic (exact) mass is 894 g/mol. The van der Waals surface area contributed by atoms with Gasteiger partial charge < -0.3 is 34.6 Å². The summed E-state index contributed by atoms with van der Waals surface area (Å²) in [5.41, 5.74) is 13.8. The highest BCUT2D eigenvalue weighted by Gasteiger charge is 2.44. The molecule has 0 bridgehead atoms. The van der Waals surface area contributed by atoms with Gasteiger partial charge in [-0.05, 0) is 31.2 Å². The summed E-state index contributed by atoms with van der Waals surface area (Å²) in [5.74, 6) is 0.249. The van der Waals surface area contributed by atoms with Crippen molar-refractivity contribution in [3.8, 4) is 0 Å². The summed E-state index contributed by atoms with van der Waals surface area (Å²) in [6.07, 6.45) is 2.46. The van der Waals surface area contributed by atoms with Crippen LogP contribution in [0.1, 0.15) is 67.3 Å². The molecule has 0 spiro atoms. The van der Waals surface area contributed by atoms with Crippen LogP contribution in [-0.2, 0) is 29.3 Å². The molecule has 11 rings (SSSR count). The minimum Gasteiger partial charge on any atom is -0.387 e. The molecule has 7 heterocycles. The minimum atomic E-state index is -1.15. The van der Waals surface area contributed by atoms with Crippen molar-refractivity contribution in [3.05, 3.63) is 128 Å². The number of aryl methyl sites for hydroxylation is 1. The molecule has 15 nitrogen and oxygen atoms in total. The maximum absolute atomic E-state index is 10.8. The first-order chi connectivity index (χ1) is 32.5. The first kappa shape index (κ1) is 48.7. The number of nitrogens with two attached hydrogens (primary N) is 1. The lowest BCUT2D eigenvalue weighted by molar-refractivity contribution is -0.0387. The van der Waals surface area contributed by atoms with E-state index >= 15 is 0 Å². The third-order valence-corrected chi connectivity index (χ3v) is 11.0. The normalized spacial score (nSPS) is 16.4. The molecular formula is C51H63N11O4. The van der Waals surface area contributed by atoms with E-state index in [1.165, 1.54) is 34.5 Å². The fourth-order valence-electron chi connectivity index (χ4n) is 8.20. The predicted octanol–water partition coefficient (Wildman–Crippen LogP) is 9.86. The van der Waals surface area contributed by atoms with Gasteiger partial charge in [0, 0.05) is 50.2 Å². The van der Waals surface area contributed by atoms with Crippen molar-refractivity contribution in [1.29, 1.82) is 0 Å². The van der Waals surface area contributed by atoms with Gasteiger partial charge in [-0.1, -0.05) is 128 Å². The lowest BCUT2D eigenvalue weighted by Gasteiger charge is -2.17. The van der Waals surface area contributed by atoms with E-state index in [2.05, 4.69) is 99.7 Å². The average Bonchev–Trinajstić information content (AvgIpc) is 4.20. The molecular weight excluding hydrogens is 831 g/mol. The summed E-state index contributed by atoms with van der Waals surface area (Å²) in [7, 11) is 0. The maximum atomic E-state index is 10.8. The number of imidazole rings is 2. The van der Waals surface area contributed by atoms with E-state index in [1.54, 1.807) is 17.2 Å². The van der Waals surface area contributed by atoms with Crippen LogP contribution in [0.5, 0.6) is 0 Å². The molecule has 1 fully saturated rings. The molecule has 6 aromatic heterocycles. The standard InChI is InChI=1S/C22H20N6O3.C21H19N5O.4C2H6/c23-20-17-21(25-10-24-20)28(11-26-17)22-19(30)18(29)16(31-22)9-27-14-7-3-1-5-12(14)13-6-2-4-8-15(13)27;1-15-20-21(23-12-22-15)25(13-24-20)14-27-11-10-26-18-8-4-2-6-16(18)17-7-3-5-9-19(17)26;4*1-2/h1-8,10-11,16,18-19,22,29-30H,9H2,(H2,23,24,25);2-9,12-13H,10-11,14H2,1H3;4*1-2H3. The van der Waals surface area contributed by atoms with Gasteiger partial charge in [0.1, 0.15) is 48.7 Å². The Bertz CT molecular complexity index is 2990. The van der Waals surface area contributed by atoms with Gasteiger partial charge in [-0.2, -0.15) is 0 Å². The average molecular weight is 894 g/mol. The van der Waals surface area contributed by atoms with Gasteiger partial charge in [-0.25, -0.2) is 29.9 Å². The van der Waals surface area contributed by atoms with E-state index in [4.69, 9.17) is 15.2 Å². The highest BCUT2D eigenvalue weighted by Crippen LogP contribution is 2.35. The van der Waals surface area contributed by atoms with Crippen LogP contribution < -0.4 is 5.73 Å².